The van der Waals surface area contributed by atoms with Crippen molar-refractivity contribution in [2.45, 2.75) is 20.3 Å². The first-order valence-electron chi connectivity index (χ1n) is 6.12. The van der Waals surface area contributed by atoms with Crippen LogP contribution in [0, 0.1) is 17.6 Å². The molecule has 1 atom stereocenters. The van der Waals surface area contributed by atoms with Crippen LogP contribution in [0.2, 0.25) is 0 Å². The molecule has 0 saturated carbocycles. The van der Waals surface area contributed by atoms with Crippen LogP contribution in [0.15, 0.2) is 12.1 Å². The molecule has 0 bridgehead atoms. The van der Waals surface area contributed by atoms with E-state index in [0.717, 1.165) is 6.42 Å². The van der Waals surface area contributed by atoms with Gasteiger partial charge in [0.1, 0.15) is 0 Å². The Kier molecular flexibility index (Phi) is 5.42. The van der Waals surface area contributed by atoms with Gasteiger partial charge in [-0.2, -0.15) is 0 Å². The van der Waals surface area contributed by atoms with Crippen molar-refractivity contribution < 1.29 is 23.5 Å². The van der Waals surface area contributed by atoms with E-state index in [1.165, 1.54) is 0 Å². The third-order valence-corrected chi connectivity index (χ3v) is 2.85. The Morgan fingerprint density at radius 1 is 1.30 bits per heavy atom. The van der Waals surface area contributed by atoms with E-state index in [1.807, 2.05) is 13.8 Å². The van der Waals surface area contributed by atoms with Crippen LogP contribution < -0.4 is 10.6 Å². The summed E-state index contributed by atoms with van der Waals surface area (Å²) < 4.78 is 26.1. The van der Waals surface area contributed by atoms with Gasteiger partial charge in [0.2, 0.25) is 0 Å². The number of halogens is 2. The summed E-state index contributed by atoms with van der Waals surface area (Å²) >= 11 is 0. The number of hydrogen-bond acceptors (Lipinski definition) is 2. The molecule has 0 spiro atoms. The molecule has 1 aromatic carbocycles. The summed E-state index contributed by atoms with van der Waals surface area (Å²) in [4.78, 5) is 22.5. The summed E-state index contributed by atoms with van der Waals surface area (Å²) in [5.74, 6) is -3.72. The highest BCUT2D eigenvalue weighted by Gasteiger charge is 2.17. The quantitative estimate of drug-likeness (QED) is 0.778. The van der Waals surface area contributed by atoms with Crippen molar-refractivity contribution in [1.82, 2.24) is 5.32 Å². The van der Waals surface area contributed by atoms with E-state index in [4.69, 9.17) is 5.11 Å². The molecule has 0 heterocycles. The van der Waals surface area contributed by atoms with Gasteiger partial charge in [-0.15, -0.1) is 0 Å². The monoisotopic (exact) mass is 286 g/mol. The van der Waals surface area contributed by atoms with Crippen LogP contribution in [0.3, 0.4) is 0 Å². The summed E-state index contributed by atoms with van der Waals surface area (Å²) in [5.41, 5.74) is -0.805. The smallest absolute Gasteiger partial charge is 0.337 e. The summed E-state index contributed by atoms with van der Waals surface area (Å²) in [5, 5.41) is 13.6. The lowest BCUT2D eigenvalue weighted by atomic mass is 10.1. The fourth-order valence-corrected chi connectivity index (χ4v) is 1.40. The van der Waals surface area contributed by atoms with Crippen molar-refractivity contribution >= 4 is 17.7 Å². The van der Waals surface area contributed by atoms with E-state index in [-0.39, 0.29) is 11.6 Å². The average Bonchev–Trinajstić information content (AvgIpc) is 2.39. The van der Waals surface area contributed by atoms with Crippen LogP contribution in [0.1, 0.15) is 30.6 Å². The zero-order valence-corrected chi connectivity index (χ0v) is 11.2. The van der Waals surface area contributed by atoms with Crippen LogP contribution in [-0.2, 0) is 0 Å². The second kappa shape index (κ2) is 6.83. The highest BCUT2D eigenvalue weighted by atomic mass is 19.2. The minimum Gasteiger partial charge on any atom is -0.478 e. The fraction of sp³-hybridized carbons (Fsp3) is 0.385. The van der Waals surface area contributed by atoms with Crippen LogP contribution in [0.25, 0.3) is 0 Å². The first-order chi connectivity index (χ1) is 9.35. The SMILES string of the molecule is CCC(C)CNC(=O)Nc1cc(F)c(F)cc1C(=O)O. The number of urea groups is 1. The number of carbonyl (C=O) groups excluding carboxylic acids is 1. The summed E-state index contributed by atoms with van der Waals surface area (Å²) in [6, 6.07) is 0.502. The zero-order chi connectivity index (χ0) is 15.3. The summed E-state index contributed by atoms with van der Waals surface area (Å²) in [6.45, 7) is 4.29. The van der Waals surface area contributed by atoms with Crippen LogP contribution >= 0.6 is 0 Å². The number of hydrogen-bond donors (Lipinski definition) is 3. The summed E-state index contributed by atoms with van der Waals surface area (Å²) in [7, 11) is 0. The Morgan fingerprint density at radius 2 is 1.90 bits per heavy atom. The van der Waals surface area contributed by atoms with Gasteiger partial charge in [-0.05, 0) is 12.0 Å². The Balaban J connectivity index is 2.83. The number of carboxylic acids is 1. The second-order valence-corrected chi connectivity index (χ2v) is 4.47. The second-order valence-electron chi connectivity index (χ2n) is 4.47. The van der Waals surface area contributed by atoms with E-state index in [9.17, 15) is 18.4 Å². The predicted octanol–water partition coefficient (Wildman–Crippen LogP) is 2.83. The zero-order valence-electron chi connectivity index (χ0n) is 11.2. The number of anilines is 1. The molecular formula is C13H16F2N2O3. The predicted molar refractivity (Wildman–Crippen MR) is 69.8 cm³/mol. The van der Waals surface area contributed by atoms with E-state index in [1.54, 1.807) is 0 Å². The maximum atomic E-state index is 13.1. The Hall–Kier alpha value is -2.18. The third kappa shape index (κ3) is 4.18. The highest BCUT2D eigenvalue weighted by molar-refractivity contribution is 6.00. The maximum absolute atomic E-state index is 13.1. The standard InChI is InChI=1S/C13H16F2N2O3/c1-3-7(2)6-16-13(20)17-11-5-10(15)9(14)4-8(11)12(18)19/h4-5,7H,3,6H2,1-2H3,(H,18,19)(H2,16,17,20). The number of benzene rings is 1. The molecule has 0 aliphatic rings. The van der Waals surface area contributed by atoms with E-state index < -0.39 is 29.2 Å². The lowest BCUT2D eigenvalue weighted by molar-refractivity contribution is 0.0697. The number of amides is 2. The molecule has 20 heavy (non-hydrogen) atoms. The van der Waals surface area contributed by atoms with Crippen molar-refractivity contribution in [2.24, 2.45) is 5.92 Å². The molecule has 0 saturated heterocycles. The molecule has 0 aliphatic carbocycles. The number of rotatable bonds is 5. The van der Waals surface area contributed by atoms with Crippen molar-refractivity contribution in [3.63, 3.8) is 0 Å². The first kappa shape index (κ1) is 15.9. The number of aromatic carboxylic acids is 1. The normalized spacial score (nSPS) is 11.8. The van der Waals surface area contributed by atoms with Gasteiger partial charge in [-0.25, -0.2) is 18.4 Å². The topological polar surface area (TPSA) is 78.4 Å². The molecule has 5 nitrogen and oxygen atoms in total. The van der Waals surface area contributed by atoms with Gasteiger partial charge in [0.15, 0.2) is 11.6 Å². The van der Waals surface area contributed by atoms with Gasteiger partial charge >= 0.3 is 12.0 Å². The molecule has 110 valence electrons. The van der Waals surface area contributed by atoms with Gasteiger partial charge in [0.25, 0.3) is 0 Å². The fourth-order valence-electron chi connectivity index (χ4n) is 1.40. The number of carbonyl (C=O) groups is 2. The molecule has 2 amide bonds. The minimum atomic E-state index is -1.46. The largest absolute Gasteiger partial charge is 0.478 e. The van der Waals surface area contributed by atoms with Crippen molar-refractivity contribution in [3.8, 4) is 0 Å². The molecular weight excluding hydrogens is 270 g/mol. The van der Waals surface area contributed by atoms with Crippen LogP contribution in [0.5, 0.6) is 0 Å². The number of carboxylic acid groups (broad SMARTS) is 1. The molecule has 0 aliphatic heterocycles. The van der Waals surface area contributed by atoms with Crippen LogP contribution in [0.4, 0.5) is 19.3 Å². The van der Waals surface area contributed by atoms with E-state index >= 15 is 0 Å². The van der Waals surface area contributed by atoms with Gasteiger partial charge in [0, 0.05) is 12.6 Å². The number of nitrogens with one attached hydrogen (secondary N) is 2. The van der Waals surface area contributed by atoms with Gasteiger partial charge < -0.3 is 15.7 Å². The van der Waals surface area contributed by atoms with E-state index in [2.05, 4.69) is 10.6 Å². The van der Waals surface area contributed by atoms with Gasteiger partial charge in [0.05, 0.1) is 11.3 Å². The highest BCUT2D eigenvalue weighted by Crippen LogP contribution is 2.20. The molecule has 3 N–H and O–H groups in total. The Bertz CT molecular complexity index is 521. The Morgan fingerprint density at radius 3 is 2.45 bits per heavy atom. The molecule has 7 heteroatoms. The van der Waals surface area contributed by atoms with Gasteiger partial charge in [-0.1, -0.05) is 20.3 Å². The van der Waals surface area contributed by atoms with E-state index in [0.29, 0.717) is 18.7 Å². The lowest BCUT2D eigenvalue weighted by Gasteiger charge is -2.13. The average molecular weight is 286 g/mol. The van der Waals surface area contributed by atoms with Gasteiger partial charge in [-0.3, -0.25) is 0 Å². The molecule has 1 unspecified atom stereocenters. The maximum Gasteiger partial charge on any atom is 0.337 e. The lowest BCUT2D eigenvalue weighted by Crippen LogP contribution is -2.32. The third-order valence-electron chi connectivity index (χ3n) is 2.85. The minimum absolute atomic E-state index is 0.254. The molecule has 0 aromatic heterocycles. The molecule has 0 radical (unpaired) electrons. The first-order valence-corrected chi connectivity index (χ1v) is 6.12. The van der Waals surface area contributed by atoms with Crippen LogP contribution in [-0.4, -0.2) is 23.7 Å². The molecule has 1 rings (SSSR count). The van der Waals surface area contributed by atoms with Crippen molar-refractivity contribution in [3.05, 3.63) is 29.3 Å². The Labute approximate surface area is 115 Å². The van der Waals surface area contributed by atoms with Crippen molar-refractivity contribution in [1.29, 1.82) is 0 Å². The summed E-state index contributed by atoms with van der Waals surface area (Å²) in [6.07, 6.45) is 0.867. The van der Waals surface area contributed by atoms with Crippen molar-refractivity contribution in [2.75, 3.05) is 11.9 Å². The molecule has 1 aromatic rings. The molecule has 0 fully saturated rings.